The van der Waals surface area contributed by atoms with E-state index in [0.717, 1.165) is 49.7 Å². The molecule has 52 heavy (non-hydrogen) atoms. The Hall–Kier alpha value is -3.19. The average Bonchev–Trinajstić information content (AvgIpc) is 3.11. The number of carboxylic acid groups (broad SMARTS) is 1. The van der Waals surface area contributed by atoms with Gasteiger partial charge in [0, 0.05) is 18.7 Å². The van der Waals surface area contributed by atoms with Gasteiger partial charge in [-0.3, -0.25) is 9.59 Å². The van der Waals surface area contributed by atoms with Crippen LogP contribution in [0.25, 0.3) is 0 Å². The number of hydrogen-bond acceptors (Lipinski definition) is 4. The maximum Gasteiger partial charge on any atom is 0.335 e. The number of aliphatic hydroxyl groups is 1. The van der Waals surface area contributed by atoms with Crippen LogP contribution < -0.4 is 10.6 Å². The van der Waals surface area contributed by atoms with E-state index in [-0.39, 0.29) is 50.6 Å². The Bertz CT molecular complexity index is 1650. The van der Waals surface area contributed by atoms with Crippen LogP contribution in [0, 0.1) is 50.7 Å². The van der Waals surface area contributed by atoms with Gasteiger partial charge in [-0.25, -0.2) is 4.79 Å². The number of aliphatic hydroxyl groups excluding tert-OH is 1. The van der Waals surface area contributed by atoms with E-state index in [1.165, 1.54) is 37.8 Å². The molecule has 9 atom stereocenters. The molecule has 4 aliphatic carbocycles. The summed E-state index contributed by atoms with van der Waals surface area (Å²) in [5.74, 6) is 1.04. The molecule has 0 heterocycles. The SMILES string of the molecule is CCCC1(C(=O)NCCc2cccc(C(=O)NCc3ccc(C(=O)O)cc3)c2)CC[C@]2(C)C(CCC3C4(C)CCC(O)C(C)(C)C4CCC32C)C1C. The van der Waals surface area contributed by atoms with Crippen molar-refractivity contribution in [2.45, 2.75) is 132 Å². The Morgan fingerprint density at radius 2 is 1.52 bits per heavy atom. The summed E-state index contributed by atoms with van der Waals surface area (Å²) in [6.07, 6.45) is 11.2. The molecule has 4 N–H and O–H groups in total. The molecule has 0 aliphatic heterocycles. The molecule has 2 aromatic carbocycles. The van der Waals surface area contributed by atoms with Gasteiger partial charge in [0.05, 0.1) is 17.1 Å². The highest BCUT2D eigenvalue weighted by atomic mass is 16.4. The summed E-state index contributed by atoms with van der Waals surface area (Å²) in [6, 6.07) is 14.1. The number of carboxylic acids is 1. The molecule has 0 radical (unpaired) electrons. The lowest BCUT2D eigenvalue weighted by Gasteiger charge is -2.72. The molecule has 7 nitrogen and oxygen atoms in total. The lowest BCUT2D eigenvalue weighted by Crippen LogP contribution is -2.67. The zero-order valence-electron chi connectivity index (χ0n) is 32.8. The van der Waals surface area contributed by atoms with E-state index in [2.05, 4.69) is 59.1 Å². The molecule has 6 rings (SSSR count). The first-order chi connectivity index (χ1) is 24.5. The number of benzene rings is 2. The Balaban J connectivity index is 1.10. The van der Waals surface area contributed by atoms with E-state index in [1.807, 2.05) is 18.2 Å². The minimum atomic E-state index is -0.976. The third-order valence-electron chi connectivity index (χ3n) is 16.2. The molecule has 8 unspecified atom stereocenters. The topological polar surface area (TPSA) is 116 Å². The van der Waals surface area contributed by atoms with Crippen molar-refractivity contribution < 1.29 is 24.6 Å². The van der Waals surface area contributed by atoms with Crippen LogP contribution in [0.5, 0.6) is 0 Å². The number of fused-ring (bicyclic) bond motifs is 5. The fourth-order valence-electron chi connectivity index (χ4n) is 13.0. The molecule has 7 heteroatoms. The van der Waals surface area contributed by atoms with Crippen LogP contribution in [-0.4, -0.2) is 40.6 Å². The molecule has 0 saturated heterocycles. The van der Waals surface area contributed by atoms with Crippen molar-refractivity contribution in [2.75, 3.05) is 6.54 Å². The third-order valence-corrected chi connectivity index (χ3v) is 16.2. The maximum atomic E-state index is 14.4. The van der Waals surface area contributed by atoms with E-state index in [9.17, 15) is 19.5 Å². The molecule has 4 saturated carbocycles. The first kappa shape index (κ1) is 38.5. The lowest BCUT2D eigenvalue weighted by atomic mass is 9.32. The summed E-state index contributed by atoms with van der Waals surface area (Å²) in [7, 11) is 0. The van der Waals surface area contributed by atoms with E-state index >= 15 is 0 Å². The van der Waals surface area contributed by atoms with Crippen LogP contribution in [0.3, 0.4) is 0 Å². The Morgan fingerprint density at radius 1 is 0.788 bits per heavy atom. The summed E-state index contributed by atoms with van der Waals surface area (Å²) in [6.45, 7) is 17.9. The number of amides is 2. The minimum absolute atomic E-state index is 0.0482. The molecule has 0 bridgehead atoms. The van der Waals surface area contributed by atoms with Crippen LogP contribution in [0.2, 0.25) is 0 Å². The summed E-state index contributed by atoms with van der Waals surface area (Å²) < 4.78 is 0. The first-order valence-corrected chi connectivity index (χ1v) is 20.2. The zero-order chi connectivity index (χ0) is 37.7. The normalized spacial score (nSPS) is 36.4. The summed E-state index contributed by atoms with van der Waals surface area (Å²) in [5, 5.41) is 26.5. The number of aromatic carboxylic acids is 1. The number of nitrogens with one attached hydrogen (secondary N) is 2. The van der Waals surface area contributed by atoms with E-state index in [4.69, 9.17) is 5.11 Å². The highest BCUT2D eigenvalue weighted by molar-refractivity contribution is 5.94. The van der Waals surface area contributed by atoms with Gasteiger partial charge in [0.1, 0.15) is 0 Å². The van der Waals surface area contributed by atoms with E-state index in [0.29, 0.717) is 48.7 Å². The van der Waals surface area contributed by atoms with Crippen molar-refractivity contribution in [2.24, 2.45) is 50.7 Å². The second-order valence-corrected chi connectivity index (χ2v) is 18.6. The van der Waals surface area contributed by atoms with Crippen LogP contribution >= 0.6 is 0 Å². The third kappa shape index (κ3) is 6.31. The van der Waals surface area contributed by atoms with Crippen molar-refractivity contribution >= 4 is 17.8 Å². The summed E-state index contributed by atoms with van der Waals surface area (Å²) in [4.78, 5) is 38.5. The van der Waals surface area contributed by atoms with E-state index in [1.54, 1.807) is 18.2 Å². The summed E-state index contributed by atoms with van der Waals surface area (Å²) >= 11 is 0. The van der Waals surface area contributed by atoms with Crippen molar-refractivity contribution in [3.8, 4) is 0 Å². The van der Waals surface area contributed by atoms with Gasteiger partial charge in [-0.2, -0.15) is 0 Å². The lowest BCUT2D eigenvalue weighted by molar-refractivity contribution is -0.246. The first-order valence-electron chi connectivity index (χ1n) is 20.2. The van der Waals surface area contributed by atoms with Crippen LogP contribution in [0.15, 0.2) is 48.5 Å². The number of hydrogen-bond donors (Lipinski definition) is 4. The predicted molar refractivity (Wildman–Crippen MR) is 206 cm³/mol. The van der Waals surface area contributed by atoms with Gasteiger partial charge in [0.2, 0.25) is 5.91 Å². The van der Waals surface area contributed by atoms with Gasteiger partial charge in [0.15, 0.2) is 0 Å². The molecule has 0 spiro atoms. The number of carbonyl (C=O) groups is 3. The van der Waals surface area contributed by atoms with Crippen molar-refractivity contribution in [3.05, 3.63) is 70.8 Å². The highest BCUT2D eigenvalue weighted by Gasteiger charge is 2.69. The van der Waals surface area contributed by atoms with Crippen LogP contribution in [-0.2, 0) is 17.8 Å². The van der Waals surface area contributed by atoms with Gasteiger partial charge in [-0.1, -0.05) is 79.2 Å². The molecular formula is C45H64N2O5. The smallest absolute Gasteiger partial charge is 0.335 e. The van der Waals surface area contributed by atoms with Crippen molar-refractivity contribution in [1.82, 2.24) is 10.6 Å². The Morgan fingerprint density at radius 3 is 2.21 bits per heavy atom. The van der Waals surface area contributed by atoms with Gasteiger partial charge >= 0.3 is 5.97 Å². The largest absolute Gasteiger partial charge is 0.478 e. The highest BCUT2D eigenvalue weighted by Crippen LogP contribution is 2.75. The van der Waals surface area contributed by atoms with Gasteiger partial charge in [0.25, 0.3) is 5.91 Å². The van der Waals surface area contributed by atoms with Crippen LogP contribution in [0.4, 0.5) is 0 Å². The Labute approximate surface area is 312 Å². The molecule has 2 aromatic rings. The minimum Gasteiger partial charge on any atom is -0.478 e. The Kier molecular flexibility index (Phi) is 10.5. The van der Waals surface area contributed by atoms with E-state index < -0.39 is 5.97 Å². The quantitative estimate of drug-likeness (QED) is 0.197. The van der Waals surface area contributed by atoms with Gasteiger partial charge in [-0.15, -0.1) is 0 Å². The predicted octanol–water partition coefficient (Wildman–Crippen LogP) is 8.83. The second-order valence-electron chi connectivity index (χ2n) is 18.6. The molecule has 4 aliphatic rings. The van der Waals surface area contributed by atoms with Gasteiger partial charge < -0.3 is 20.8 Å². The van der Waals surface area contributed by atoms with Gasteiger partial charge in [-0.05, 0) is 145 Å². The monoisotopic (exact) mass is 712 g/mol. The molecule has 4 fully saturated rings. The average molecular weight is 713 g/mol. The maximum absolute atomic E-state index is 14.4. The fraction of sp³-hybridized carbons (Fsp3) is 0.667. The fourth-order valence-corrected chi connectivity index (χ4v) is 13.0. The van der Waals surface area contributed by atoms with Crippen molar-refractivity contribution in [1.29, 1.82) is 0 Å². The number of carbonyl (C=O) groups excluding carboxylic acids is 2. The second kappa shape index (κ2) is 14.2. The standard InChI is InChI=1S/C45H64N2O5/c1-8-21-45(40(52)46-26-20-30-10-9-11-33(27-30)38(49)47-28-31-12-14-32(15-13-31)39(50)51)25-24-43(6)34(29(45)2)16-17-36-42(5)22-19-37(48)41(3,4)35(42)18-23-44(36,43)7/h9-15,27,29,34-37,48H,8,16-26,28H2,1-7H3,(H,46,52)(H,47,49)(H,50,51)/t29?,34?,35?,36?,37?,42?,43-,44?,45?/m1/s1. The molecule has 2 amide bonds. The van der Waals surface area contributed by atoms with Crippen molar-refractivity contribution in [3.63, 3.8) is 0 Å². The molecule has 284 valence electrons. The zero-order valence-corrected chi connectivity index (χ0v) is 32.8. The molecule has 0 aromatic heterocycles. The van der Waals surface area contributed by atoms with Crippen LogP contribution in [0.1, 0.15) is 145 Å². The number of rotatable bonds is 10. The molecular weight excluding hydrogens is 649 g/mol. The summed E-state index contributed by atoms with van der Waals surface area (Å²) in [5.41, 5.74) is 2.85.